The van der Waals surface area contributed by atoms with Crippen LogP contribution < -0.4 is 16.1 Å². The molecule has 0 radical (unpaired) electrons. The van der Waals surface area contributed by atoms with Gasteiger partial charge in [0.25, 0.3) is 17.4 Å². The molecule has 2 saturated heterocycles. The maximum atomic E-state index is 13.8. The average molecular weight is 584 g/mol. The Morgan fingerprint density at radius 1 is 1.21 bits per heavy atom. The lowest BCUT2D eigenvalue weighted by Gasteiger charge is -2.36. The molecule has 0 aromatic rings. The first-order chi connectivity index (χ1) is 18.1. The van der Waals surface area contributed by atoms with Crippen LogP contribution in [0.5, 0.6) is 0 Å². The van der Waals surface area contributed by atoms with Gasteiger partial charge in [-0.3, -0.25) is 29.4 Å². The van der Waals surface area contributed by atoms with Gasteiger partial charge in [-0.05, 0) is 29.6 Å². The second kappa shape index (κ2) is 11.5. The molecular formula is C24H34ClF4N5O5. The molecule has 3 fully saturated rings. The number of amides is 5. The summed E-state index contributed by atoms with van der Waals surface area (Å²) in [6.07, 6.45) is -4.31. The second-order valence-corrected chi connectivity index (χ2v) is 11.3. The van der Waals surface area contributed by atoms with Crippen molar-refractivity contribution in [1.29, 1.82) is 0 Å². The standard InChI is InChI=1S/C24H34ClF4N5O5/c1-5-11(6-2)15(31-22(39)24(27,28)29)20(37)33-10-13-14(23(13,3)4)16(33)19(36)32-34(21(38)17(25)26)9-12-7-8-30-18(12)35/h11-17H,5-10H2,1-4H3,(H,30,35)(H,31,39)(H,32,36)/t12-,13-,14-,15?,16-,17?/m0/s1. The first kappa shape index (κ1) is 30.9. The van der Waals surface area contributed by atoms with Gasteiger partial charge in [0, 0.05) is 13.1 Å². The highest BCUT2D eigenvalue weighted by Gasteiger charge is 2.70. The summed E-state index contributed by atoms with van der Waals surface area (Å²) < 4.78 is 53.0. The van der Waals surface area contributed by atoms with Gasteiger partial charge in [0.05, 0.1) is 12.5 Å². The molecule has 15 heteroatoms. The molecule has 1 aliphatic carbocycles. The Bertz CT molecular complexity index is 1010. The predicted octanol–water partition coefficient (Wildman–Crippen LogP) is 1.48. The predicted molar refractivity (Wildman–Crippen MR) is 130 cm³/mol. The van der Waals surface area contributed by atoms with Crippen molar-refractivity contribution in [1.82, 2.24) is 26.0 Å². The molecule has 10 nitrogen and oxygen atoms in total. The molecule has 220 valence electrons. The molecule has 0 bridgehead atoms. The highest BCUT2D eigenvalue weighted by atomic mass is 35.5. The summed E-state index contributed by atoms with van der Waals surface area (Å²) >= 11 is 5.34. The molecule has 0 aromatic heterocycles. The lowest BCUT2D eigenvalue weighted by Crippen LogP contribution is -2.61. The number of fused-ring (bicyclic) bond motifs is 1. The van der Waals surface area contributed by atoms with Crippen LogP contribution in [-0.2, 0) is 24.0 Å². The maximum Gasteiger partial charge on any atom is 0.471 e. The second-order valence-electron chi connectivity index (χ2n) is 10.9. The van der Waals surface area contributed by atoms with Crippen LogP contribution in [0, 0.1) is 29.1 Å². The first-order valence-electron chi connectivity index (χ1n) is 12.9. The monoisotopic (exact) mass is 583 g/mol. The van der Waals surface area contributed by atoms with Gasteiger partial charge in [-0.2, -0.15) is 13.2 Å². The van der Waals surface area contributed by atoms with E-state index in [9.17, 15) is 41.5 Å². The number of rotatable bonds is 9. The van der Waals surface area contributed by atoms with Gasteiger partial charge in [-0.15, -0.1) is 0 Å². The minimum Gasteiger partial charge on any atom is -0.356 e. The Balaban J connectivity index is 1.88. The number of carbonyl (C=O) groups is 5. The van der Waals surface area contributed by atoms with Gasteiger partial charge in [-0.1, -0.05) is 52.1 Å². The zero-order valence-corrected chi connectivity index (χ0v) is 22.9. The van der Waals surface area contributed by atoms with Crippen LogP contribution in [0.2, 0.25) is 0 Å². The van der Waals surface area contributed by atoms with E-state index in [1.807, 2.05) is 19.2 Å². The van der Waals surface area contributed by atoms with Crippen molar-refractivity contribution >= 4 is 41.1 Å². The van der Waals surface area contributed by atoms with Crippen molar-refractivity contribution in [2.24, 2.45) is 29.1 Å². The van der Waals surface area contributed by atoms with Gasteiger partial charge in [0.15, 0.2) is 0 Å². The third kappa shape index (κ3) is 6.25. The smallest absolute Gasteiger partial charge is 0.356 e. The number of alkyl halides is 5. The van der Waals surface area contributed by atoms with Crippen LogP contribution in [0.25, 0.3) is 0 Å². The van der Waals surface area contributed by atoms with E-state index in [0.717, 1.165) is 4.90 Å². The zero-order valence-electron chi connectivity index (χ0n) is 22.1. The van der Waals surface area contributed by atoms with E-state index in [2.05, 4.69) is 10.7 Å². The summed E-state index contributed by atoms with van der Waals surface area (Å²) in [5.74, 6) is -7.60. The van der Waals surface area contributed by atoms with Crippen molar-refractivity contribution in [2.75, 3.05) is 19.6 Å². The van der Waals surface area contributed by atoms with Gasteiger partial charge >= 0.3 is 12.1 Å². The van der Waals surface area contributed by atoms with E-state index in [1.54, 1.807) is 13.8 Å². The highest BCUT2D eigenvalue weighted by Crippen LogP contribution is 2.65. The number of hydrazine groups is 1. The Hall–Kier alpha value is -2.64. The highest BCUT2D eigenvalue weighted by molar-refractivity contribution is 6.29. The Labute approximate surface area is 228 Å². The lowest BCUT2D eigenvalue weighted by molar-refractivity contribution is -0.175. The number of hydrogen-bond donors (Lipinski definition) is 3. The molecule has 2 aliphatic heterocycles. The molecular weight excluding hydrogens is 550 g/mol. The number of nitrogens with zero attached hydrogens (tertiary/aromatic N) is 2. The van der Waals surface area contributed by atoms with E-state index in [4.69, 9.17) is 11.6 Å². The minimum absolute atomic E-state index is 0.0490. The first-order valence-corrected chi connectivity index (χ1v) is 13.4. The van der Waals surface area contributed by atoms with Crippen molar-refractivity contribution in [3.8, 4) is 0 Å². The molecule has 6 atom stereocenters. The number of piperidine rings is 1. The summed E-state index contributed by atoms with van der Waals surface area (Å²) in [6.45, 7) is 7.11. The molecule has 2 heterocycles. The van der Waals surface area contributed by atoms with Crippen LogP contribution in [0.4, 0.5) is 17.6 Å². The van der Waals surface area contributed by atoms with Crippen LogP contribution in [0.15, 0.2) is 0 Å². The summed E-state index contributed by atoms with van der Waals surface area (Å²) in [5, 5.41) is 5.00. The molecule has 0 spiro atoms. The van der Waals surface area contributed by atoms with E-state index in [-0.39, 0.29) is 37.8 Å². The van der Waals surface area contributed by atoms with E-state index < -0.39 is 70.7 Å². The Kier molecular flexibility index (Phi) is 9.08. The number of hydrogen-bond acceptors (Lipinski definition) is 5. The molecule has 39 heavy (non-hydrogen) atoms. The van der Waals surface area contributed by atoms with Gasteiger partial charge in [0.2, 0.25) is 11.8 Å². The fourth-order valence-electron chi connectivity index (χ4n) is 5.90. The summed E-state index contributed by atoms with van der Waals surface area (Å²) in [5.41, 5.74) is -0.603. The Morgan fingerprint density at radius 2 is 1.82 bits per heavy atom. The topological polar surface area (TPSA) is 128 Å². The number of likely N-dealkylation sites (tertiary alicyclic amines) is 1. The number of halogens is 5. The SMILES string of the molecule is CCC(CC)C(NC(=O)C(F)(F)F)C(=O)N1C[C@H]2[C@@H]([C@H]1C(=O)NN(C[C@@H]1CCNC1=O)C(=O)C(F)Cl)C2(C)C. The fourth-order valence-corrected chi connectivity index (χ4v) is 6.02. The van der Waals surface area contributed by atoms with E-state index >= 15 is 0 Å². The van der Waals surface area contributed by atoms with Crippen molar-refractivity contribution in [3.05, 3.63) is 0 Å². The van der Waals surface area contributed by atoms with Crippen LogP contribution >= 0.6 is 11.6 Å². The summed E-state index contributed by atoms with van der Waals surface area (Å²) in [4.78, 5) is 64.6. The molecule has 1 saturated carbocycles. The van der Waals surface area contributed by atoms with E-state index in [0.29, 0.717) is 18.0 Å². The zero-order chi connectivity index (χ0) is 29.4. The van der Waals surface area contributed by atoms with Crippen LogP contribution in [-0.4, -0.2) is 83.0 Å². The third-order valence-electron chi connectivity index (χ3n) is 8.35. The van der Waals surface area contributed by atoms with Crippen LogP contribution in [0.3, 0.4) is 0 Å². The van der Waals surface area contributed by atoms with E-state index in [1.165, 1.54) is 0 Å². The Morgan fingerprint density at radius 3 is 2.31 bits per heavy atom. The number of nitrogens with one attached hydrogen (secondary N) is 3. The normalized spacial score (nSPS) is 26.9. The minimum atomic E-state index is -5.21. The molecule has 5 amide bonds. The fraction of sp³-hybridized carbons (Fsp3) is 0.792. The van der Waals surface area contributed by atoms with Crippen molar-refractivity contribution in [2.45, 2.75) is 70.8 Å². The summed E-state index contributed by atoms with van der Waals surface area (Å²) in [7, 11) is 0. The van der Waals surface area contributed by atoms with Gasteiger partial charge in [0.1, 0.15) is 12.1 Å². The van der Waals surface area contributed by atoms with Gasteiger partial charge < -0.3 is 15.5 Å². The lowest BCUT2D eigenvalue weighted by atomic mass is 9.91. The molecule has 3 rings (SSSR count). The average Bonchev–Trinajstić information content (AvgIpc) is 3.20. The number of carbonyl (C=O) groups excluding carboxylic acids is 5. The molecule has 2 unspecified atom stereocenters. The van der Waals surface area contributed by atoms with Crippen LogP contribution in [0.1, 0.15) is 47.0 Å². The molecule has 0 aromatic carbocycles. The van der Waals surface area contributed by atoms with Gasteiger partial charge in [-0.25, -0.2) is 9.40 Å². The maximum absolute atomic E-state index is 13.8. The van der Waals surface area contributed by atoms with Crippen molar-refractivity contribution < 1.29 is 41.5 Å². The van der Waals surface area contributed by atoms with Crippen molar-refractivity contribution in [3.63, 3.8) is 0 Å². The largest absolute Gasteiger partial charge is 0.471 e. The molecule has 3 N–H and O–H groups in total. The molecule has 3 aliphatic rings. The third-order valence-corrected chi connectivity index (χ3v) is 8.54. The summed E-state index contributed by atoms with van der Waals surface area (Å²) in [6, 6.07) is -2.75. The quantitative estimate of drug-likeness (QED) is 0.215.